The second-order valence-electron chi connectivity index (χ2n) is 7.08. The number of aromatic nitrogens is 1. The molecule has 3 aromatic rings. The van der Waals surface area contributed by atoms with Crippen molar-refractivity contribution in [2.24, 2.45) is 5.73 Å². The average Bonchev–Trinajstić information content (AvgIpc) is 3.09. The SMILES string of the molecule is CC(C)n1c2ccccc2c2cc(C3(N)CCCC3)ccc21. The first-order valence-electron chi connectivity index (χ1n) is 8.42. The summed E-state index contributed by atoms with van der Waals surface area (Å²) in [5, 5.41) is 2.69. The number of para-hydroxylation sites is 1. The lowest BCUT2D eigenvalue weighted by atomic mass is 9.88. The average molecular weight is 292 g/mol. The highest BCUT2D eigenvalue weighted by atomic mass is 15.0. The standard InChI is InChI=1S/C20H24N2/c1-14(2)22-18-8-4-3-7-16(18)17-13-15(9-10-19(17)22)20(21)11-5-6-12-20/h3-4,7-10,13-14H,5-6,11-12,21H2,1-2H3. The molecule has 1 heterocycles. The number of fused-ring (bicyclic) bond motifs is 3. The van der Waals surface area contributed by atoms with Crippen LogP contribution in [0, 0.1) is 0 Å². The molecule has 4 rings (SSSR count). The highest BCUT2D eigenvalue weighted by molar-refractivity contribution is 6.08. The van der Waals surface area contributed by atoms with Crippen molar-refractivity contribution in [3.05, 3.63) is 48.0 Å². The zero-order chi connectivity index (χ0) is 15.3. The van der Waals surface area contributed by atoms with E-state index < -0.39 is 0 Å². The lowest BCUT2D eigenvalue weighted by Crippen LogP contribution is -2.32. The summed E-state index contributed by atoms with van der Waals surface area (Å²) in [7, 11) is 0. The van der Waals surface area contributed by atoms with Gasteiger partial charge in [-0.15, -0.1) is 0 Å². The molecule has 22 heavy (non-hydrogen) atoms. The summed E-state index contributed by atoms with van der Waals surface area (Å²) in [6.45, 7) is 4.50. The van der Waals surface area contributed by atoms with Gasteiger partial charge in [-0.2, -0.15) is 0 Å². The van der Waals surface area contributed by atoms with Gasteiger partial charge >= 0.3 is 0 Å². The van der Waals surface area contributed by atoms with Crippen molar-refractivity contribution >= 4 is 21.8 Å². The van der Waals surface area contributed by atoms with Crippen molar-refractivity contribution in [3.8, 4) is 0 Å². The first-order chi connectivity index (χ1) is 10.6. The predicted octanol–water partition coefficient (Wildman–Crippen LogP) is 5.10. The fraction of sp³-hybridized carbons (Fsp3) is 0.400. The van der Waals surface area contributed by atoms with E-state index in [4.69, 9.17) is 5.73 Å². The van der Waals surface area contributed by atoms with Gasteiger partial charge in [0.1, 0.15) is 0 Å². The Morgan fingerprint density at radius 2 is 1.64 bits per heavy atom. The largest absolute Gasteiger partial charge is 0.338 e. The van der Waals surface area contributed by atoms with E-state index in [1.54, 1.807) is 0 Å². The number of rotatable bonds is 2. The van der Waals surface area contributed by atoms with Crippen molar-refractivity contribution in [1.29, 1.82) is 0 Å². The highest BCUT2D eigenvalue weighted by Crippen LogP contribution is 2.39. The zero-order valence-electron chi connectivity index (χ0n) is 13.5. The molecule has 0 saturated heterocycles. The van der Waals surface area contributed by atoms with E-state index in [1.807, 2.05) is 0 Å². The maximum atomic E-state index is 6.68. The van der Waals surface area contributed by atoms with E-state index in [1.165, 1.54) is 40.2 Å². The molecule has 2 N–H and O–H groups in total. The number of benzene rings is 2. The monoisotopic (exact) mass is 292 g/mol. The van der Waals surface area contributed by atoms with Gasteiger partial charge in [0.25, 0.3) is 0 Å². The summed E-state index contributed by atoms with van der Waals surface area (Å²) in [5.74, 6) is 0. The van der Waals surface area contributed by atoms with Crippen LogP contribution in [0.4, 0.5) is 0 Å². The normalized spacial score (nSPS) is 17.8. The fourth-order valence-corrected chi connectivity index (χ4v) is 4.16. The summed E-state index contributed by atoms with van der Waals surface area (Å²) >= 11 is 0. The van der Waals surface area contributed by atoms with E-state index in [0.717, 1.165) is 12.8 Å². The van der Waals surface area contributed by atoms with Crippen LogP contribution in [0.1, 0.15) is 51.1 Å². The van der Waals surface area contributed by atoms with Gasteiger partial charge in [-0.1, -0.05) is 37.1 Å². The van der Waals surface area contributed by atoms with Crippen LogP contribution < -0.4 is 5.73 Å². The summed E-state index contributed by atoms with van der Waals surface area (Å²) in [4.78, 5) is 0. The molecule has 2 heteroatoms. The van der Waals surface area contributed by atoms with Crippen molar-refractivity contribution in [3.63, 3.8) is 0 Å². The van der Waals surface area contributed by atoms with Crippen LogP contribution in [-0.2, 0) is 5.54 Å². The Bertz CT molecular complexity index is 835. The van der Waals surface area contributed by atoms with Gasteiger partial charge in [-0.25, -0.2) is 0 Å². The van der Waals surface area contributed by atoms with Crippen LogP contribution in [0.2, 0.25) is 0 Å². The highest BCUT2D eigenvalue weighted by Gasteiger charge is 2.31. The van der Waals surface area contributed by atoms with E-state index >= 15 is 0 Å². The fourth-order valence-electron chi connectivity index (χ4n) is 4.16. The van der Waals surface area contributed by atoms with Gasteiger partial charge in [-0.3, -0.25) is 0 Å². The molecule has 0 radical (unpaired) electrons. The third kappa shape index (κ3) is 1.90. The lowest BCUT2D eigenvalue weighted by molar-refractivity contribution is 0.462. The molecule has 0 bridgehead atoms. The zero-order valence-corrected chi connectivity index (χ0v) is 13.5. The van der Waals surface area contributed by atoms with E-state index in [-0.39, 0.29) is 5.54 Å². The molecule has 1 aliphatic carbocycles. The molecule has 0 amide bonds. The molecule has 2 nitrogen and oxygen atoms in total. The van der Waals surface area contributed by atoms with Crippen molar-refractivity contribution in [2.75, 3.05) is 0 Å². The number of nitrogens with zero attached hydrogens (tertiary/aromatic N) is 1. The van der Waals surface area contributed by atoms with E-state index in [9.17, 15) is 0 Å². The van der Waals surface area contributed by atoms with Crippen molar-refractivity contribution in [2.45, 2.75) is 51.1 Å². The van der Waals surface area contributed by atoms with E-state index in [2.05, 4.69) is 60.9 Å². The van der Waals surface area contributed by atoms with Gasteiger partial charge in [-0.05, 0) is 50.5 Å². The lowest BCUT2D eigenvalue weighted by Gasteiger charge is -2.24. The molecule has 1 saturated carbocycles. The molecule has 0 aliphatic heterocycles. The molecule has 0 atom stereocenters. The Hall–Kier alpha value is -1.80. The number of hydrogen-bond acceptors (Lipinski definition) is 1. The third-order valence-electron chi connectivity index (χ3n) is 5.30. The Labute approximate surface area is 131 Å². The summed E-state index contributed by atoms with van der Waals surface area (Å²) < 4.78 is 2.44. The predicted molar refractivity (Wildman–Crippen MR) is 94.2 cm³/mol. The number of hydrogen-bond donors (Lipinski definition) is 1. The molecule has 114 valence electrons. The van der Waals surface area contributed by atoms with Crippen molar-refractivity contribution in [1.82, 2.24) is 4.57 Å². The molecule has 1 aromatic heterocycles. The molecule has 0 unspecified atom stereocenters. The Kier molecular flexibility index (Phi) is 3.05. The van der Waals surface area contributed by atoms with Crippen LogP contribution in [-0.4, -0.2) is 4.57 Å². The Morgan fingerprint density at radius 3 is 2.36 bits per heavy atom. The van der Waals surface area contributed by atoms with Gasteiger partial charge in [0.2, 0.25) is 0 Å². The van der Waals surface area contributed by atoms with Crippen LogP contribution in [0.25, 0.3) is 21.8 Å². The van der Waals surface area contributed by atoms with E-state index in [0.29, 0.717) is 6.04 Å². The third-order valence-corrected chi connectivity index (χ3v) is 5.30. The molecular weight excluding hydrogens is 268 g/mol. The minimum absolute atomic E-state index is 0.116. The summed E-state index contributed by atoms with van der Waals surface area (Å²) in [6.07, 6.45) is 4.73. The molecular formula is C20H24N2. The summed E-state index contributed by atoms with van der Waals surface area (Å²) in [6, 6.07) is 16.0. The summed E-state index contributed by atoms with van der Waals surface area (Å²) in [5.41, 5.74) is 10.5. The van der Waals surface area contributed by atoms with Gasteiger partial charge in [0.15, 0.2) is 0 Å². The topological polar surface area (TPSA) is 30.9 Å². The first kappa shape index (κ1) is 13.8. The second-order valence-corrected chi connectivity index (χ2v) is 7.08. The second kappa shape index (κ2) is 4.85. The van der Waals surface area contributed by atoms with Crippen LogP contribution >= 0.6 is 0 Å². The quantitative estimate of drug-likeness (QED) is 0.699. The van der Waals surface area contributed by atoms with Crippen LogP contribution in [0.15, 0.2) is 42.5 Å². The number of nitrogens with two attached hydrogens (primary N) is 1. The maximum Gasteiger partial charge on any atom is 0.0494 e. The maximum absolute atomic E-state index is 6.68. The first-order valence-corrected chi connectivity index (χ1v) is 8.42. The van der Waals surface area contributed by atoms with Crippen LogP contribution in [0.3, 0.4) is 0 Å². The van der Waals surface area contributed by atoms with Gasteiger partial charge in [0.05, 0.1) is 0 Å². The Balaban J connectivity index is 2.02. The molecule has 1 aliphatic rings. The Morgan fingerprint density at radius 1 is 0.955 bits per heavy atom. The van der Waals surface area contributed by atoms with Gasteiger partial charge in [0, 0.05) is 33.4 Å². The molecule has 0 spiro atoms. The smallest absolute Gasteiger partial charge is 0.0494 e. The molecule has 2 aromatic carbocycles. The van der Waals surface area contributed by atoms with Crippen LogP contribution in [0.5, 0.6) is 0 Å². The minimum Gasteiger partial charge on any atom is -0.338 e. The van der Waals surface area contributed by atoms with Gasteiger partial charge < -0.3 is 10.3 Å². The minimum atomic E-state index is -0.116. The van der Waals surface area contributed by atoms with Crippen molar-refractivity contribution < 1.29 is 0 Å². The molecule has 1 fully saturated rings.